The van der Waals surface area contributed by atoms with Gasteiger partial charge in [-0.15, -0.1) is 0 Å². The normalized spacial score (nSPS) is 21.4. The van der Waals surface area contributed by atoms with Gasteiger partial charge in [0.15, 0.2) is 5.17 Å². The fraction of sp³-hybridized carbons (Fsp3) is 0.375. The first-order valence-corrected chi connectivity index (χ1v) is 8.08. The highest BCUT2D eigenvalue weighted by Gasteiger charge is 2.27. The minimum absolute atomic E-state index is 0.162. The minimum Gasteiger partial charge on any atom is -0.496 e. The molecule has 116 valence electrons. The van der Waals surface area contributed by atoms with Crippen LogP contribution >= 0.6 is 11.8 Å². The van der Waals surface area contributed by atoms with Crippen LogP contribution in [0.3, 0.4) is 0 Å². The average Bonchev–Trinajstić information content (AvgIpc) is 2.89. The number of nitrogens with zero attached hydrogens (tertiary/aromatic N) is 3. The average molecular weight is 317 g/mol. The number of hydrogen-bond acceptors (Lipinski definition) is 5. The molecule has 1 aromatic carbocycles. The molecule has 1 aromatic rings. The lowest BCUT2D eigenvalue weighted by atomic mass is 10.2. The van der Waals surface area contributed by atoms with E-state index in [9.17, 15) is 4.79 Å². The van der Waals surface area contributed by atoms with Crippen LogP contribution in [0.2, 0.25) is 0 Å². The van der Waals surface area contributed by atoms with Gasteiger partial charge in [-0.05, 0) is 31.0 Å². The molecule has 0 atom stereocenters. The lowest BCUT2D eigenvalue weighted by molar-refractivity contribution is -0.113. The molecule has 0 spiro atoms. The van der Waals surface area contributed by atoms with Gasteiger partial charge in [-0.2, -0.15) is 4.99 Å². The summed E-state index contributed by atoms with van der Waals surface area (Å²) >= 11 is 1.45. The van der Waals surface area contributed by atoms with Crippen LogP contribution in [0.5, 0.6) is 5.75 Å². The SMILES string of the molecule is COc1ccccc1C=C1SC(N2CCN(C)CC2)=NC1=O. The molecule has 0 saturated carbocycles. The number of amidine groups is 1. The molecule has 0 aromatic heterocycles. The highest BCUT2D eigenvalue weighted by molar-refractivity contribution is 8.18. The topological polar surface area (TPSA) is 45.1 Å². The standard InChI is InChI=1S/C16H19N3O2S/c1-18-7-9-19(10-8-18)16-17-15(20)14(22-16)11-12-5-3-4-6-13(12)21-2/h3-6,11H,7-10H2,1-2H3. The fourth-order valence-electron chi connectivity index (χ4n) is 2.46. The van der Waals surface area contributed by atoms with Crippen LogP contribution in [-0.4, -0.2) is 61.2 Å². The van der Waals surface area contributed by atoms with Crippen molar-refractivity contribution >= 4 is 28.9 Å². The van der Waals surface area contributed by atoms with Crippen molar-refractivity contribution in [3.8, 4) is 5.75 Å². The van der Waals surface area contributed by atoms with E-state index in [4.69, 9.17) is 4.74 Å². The first-order chi connectivity index (χ1) is 10.7. The second-order valence-electron chi connectivity index (χ2n) is 5.34. The zero-order valence-electron chi connectivity index (χ0n) is 12.8. The Kier molecular flexibility index (Phi) is 4.49. The van der Waals surface area contributed by atoms with Crippen LogP contribution in [0.15, 0.2) is 34.2 Å². The number of ether oxygens (including phenoxy) is 1. The van der Waals surface area contributed by atoms with E-state index in [-0.39, 0.29) is 5.91 Å². The van der Waals surface area contributed by atoms with Crippen molar-refractivity contribution in [2.45, 2.75) is 0 Å². The summed E-state index contributed by atoms with van der Waals surface area (Å²) in [5.41, 5.74) is 0.899. The number of hydrogen-bond donors (Lipinski definition) is 0. The van der Waals surface area contributed by atoms with E-state index in [1.807, 2.05) is 30.3 Å². The molecule has 0 bridgehead atoms. The maximum Gasteiger partial charge on any atom is 0.286 e. The van der Waals surface area contributed by atoms with Gasteiger partial charge in [-0.3, -0.25) is 4.79 Å². The molecule has 3 rings (SSSR count). The number of piperazine rings is 1. The third-order valence-electron chi connectivity index (χ3n) is 3.81. The number of rotatable bonds is 2. The summed E-state index contributed by atoms with van der Waals surface area (Å²) in [5.74, 6) is 0.598. The number of likely N-dealkylation sites (N-methyl/N-ethyl adjacent to an activating group) is 1. The molecular weight excluding hydrogens is 298 g/mol. The fourth-order valence-corrected chi connectivity index (χ4v) is 3.41. The van der Waals surface area contributed by atoms with E-state index >= 15 is 0 Å². The molecule has 2 aliphatic heterocycles. The Morgan fingerprint density at radius 3 is 2.68 bits per heavy atom. The summed E-state index contributed by atoms with van der Waals surface area (Å²) in [6.07, 6.45) is 1.86. The predicted molar refractivity (Wildman–Crippen MR) is 90.1 cm³/mol. The molecule has 1 fully saturated rings. The van der Waals surface area contributed by atoms with Gasteiger partial charge >= 0.3 is 0 Å². The molecule has 5 nitrogen and oxygen atoms in total. The third-order valence-corrected chi connectivity index (χ3v) is 4.85. The van der Waals surface area contributed by atoms with Crippen LogP contribution in [0, 0.1) is 0 Å². The smallest absolute Gasteiger partial charge is 0.286 e. The summed E-state index contributed by atoms with van der Waals surface area (Å²) < 4.78 is 5.33. The number of aliphatic imine (C=N–C) groups is 1. The van der Waals surface area contributed by atoms with Crippen molar-refractivity contribution in [3.63, 3.8) is 0 Å². The van der Waals surface area contributed by atoms with Crippen LogP contribution in [-0.2, 0) is 4.79 Å². The van der Waals surface area contributed by atoms with Crippen LogP contribution in [0.25, 0.3) is 6.08 Å². The Labute approximate surface area is 134 Å². The Bertz CT molecular complexity index is 634. The van der Waals surface area contributed by atoms with Crippen molar-refractivity contribution in [3.05, 3.63) is 34.7 Å². The maximum absolute atomic E-state index is 12.1. The highest BCUT2D eigenvalue weighted by Crippen LogP contribution is 2.32. The summed E-state index contributed by atoms with van der Waals surface area (Å²) in [4.78, 5) is 21.5. The molecule has 2 heterocycles. The van der Waals surface area contributed by atoms with Gasteiger partial charge in [0.25, 0.3) is 5.91 Å². The molecule has 6 heteroatoms. The Morgan fingerprint density at radius 1 is 1.23 bits per heavy atom. The van der Waals surface area contributed by atoms with Gasteiger partial charge in [-0.25, -0.2) is 0 Å². The van der Waals surface area contributed by atoms with Crippen molar-refractivity contribution in [1.29, 1.82) is 0 Å². The molecular formula is C16H19N3O2S. The van der Waals surface area contributed by atoms with E-state index < -0.39 is 0 Å². The second-order valence-corrected chi connectivity index (χ2v) is 6.35. The maximum atomic E-state index is 12.1. The molecule has 22 heavy (non-hydrogen) atoms. The largest absolute Gasteiger partial charge is 0.496 e. The molecule has 2 aliphatic rings. The zero-order valence-corrected chi connectivity index (χ0v) is 13.6. The monoisotopic (exact) mass is 317 g/mol. The summed E-state index contributed by atoms with van der Waals surface area (Å²) in [7, 11) is 3.74. The number of methoxy groups -OCH3 is 1. The van der Waals surface area contributed by atoms with Gasteiger partial charge in [0.1, 0.15) is 5.75 Å². The number of para-hydroxylation sites is 1. The first-order valence-electron chi connectivity index (χ1n) is 7.26. The summed E-state index contributed by atoms with van der Waals surface area (Å²) in [5, 5.41) is 0.819. The Hall–Kier alpha value is -1.79. The number of thioether (sulfide) groups is 1. The van der Waals surface area contributed by atoms with E-state index in [0.717, 1.165) is 42.7 Å². The number of benzene rings is 1. The predicted octanol–water partition coefficient (Wildman–Crippen LogP) is 1.91. The Balaban J connectivity index is 1.75. The van der Waals surface area contributed by atoms with Gasteiger partial charge in [0.05, 0.1) is 12.0 Å². The van der Waals surface area contributed by atoms with Gasteiger partial charge in [-0.1, -0.05) is 18.2 Å². The molecule has 0 N–H and O–H groups in total. The van der Waals surface area contributed by atoms with E-state index in [0.29, 0.717) is 4.91 Å². The van der Waals surface area contributed by atoms with E-state index in [1.54, 1.807) is 7.11 Å². The van der Waals surface area contributed by atoms with Crippen LogP contribution < -0.4 is 4.74 Å². The molecule has 0 unspecified atom stereocenters. The molecule has 1 saturated heterocycles. The van der Waals surface area contributed by atoms with Crippen molar-refractivity contribution < 1.29 is 9.53 Å². The second kappa shape index (κ2) is 6.54. The van der Waals surface area contributed by atoms with Crippen LogP contribution in [0.1, 0.15) is 5.56 Å². The number of carbonyl (C=O) groups excluding carboxylic acids is 1. The quantitative estimate of drug-likeness (QED) is 0.780. The minimum atomic E-state index is -0.162. The molecule has 1 amide bonds. The molecule has 0 radical (unpaired) electrons. The van der Waals surface area contributed by atoms with E-state index in [2.05, 4.69) is 21.8 Å². The van der Waals surface area contributed by atoms with Crippen molar-refractivity contribution in [2.75, 3.05) is 40.3 Å². The van der Waals surface area contributed by atoms with Gasteiger partial charge in [0.2, 0.25) is 0 Å². The lowest BCUT2D eigenvalue weighted by Crippen LogP contribution is -2.46. The summed E-state index contributed by atoms with van der Waals surface area (Å²) in [6, 6.07) is 7.67. The van der Waals surface area contributed by atoms with Gasteiger partial charge in [0, 0.05) is 31.7 Å². The van der Waals surface area contributed by atoms with Crippen molar-refractivity contribution in [1.82, 2.24) is 9.80 Å². The van der Waals surface area contributed by atoms with Crippen LogP contribution in [0.4, 0.5) is 0 Å². The number of amides is 1. The first kappa shape index (κ1) is 15.1. The van der Waals surface area contributed by atoms with E-state index in [1.165, 1.54) is 11.8 Å². The lowest BCUT2D eigenvalue weighted by Gasteiger charge is -2.32. The van der Waals surface area contributed by atoms with Crippen molar-refractivity contribution in [2.24, 2.45) is 4.99 Å². The molecule has 0 aliphatic carbocycles. The number of carbonyl (C=O) groups is 1. The Morgan fingerprint density at radius 2 is 1.95 bits per heavy atom. The summed E-state index contributed by atoms with van der Waals surface area (Å²) in [6.45, 7) is 3.83. The highest BCUT2D eigenvalue weighted by atomic mass is 32.2. The third kappa shape index (κ3) is 3.18. The van der Waals surface area contributed by atoms with Gasteiger partial charge < -0.3 is 14.5 Å². The zero-order chi connectivity index (χ0) is 15.5.